The highest BCUT2D eigenvalue weighted by atomic mass is 32.3. The Morgan fingerprint density at radius 1 is 0.970 bits per heavy atom. The molecule has 0 aliphatic heterocycles. The molecule has 7 N–H and O–H groups in total. The number of hydrogen-bond acceptors (Lipinski definition) is 8. The summed E-state index contributed by atoms with van der Waals surface area (Å²) < 4.78 is 49.6. The first-order valence-corrected chi connectivity index (χ1v) is 12.0. The maximum Gasteiger partial charge on any atom is 0.524 e. The SMILES string of the molecule is N[C@@H](Cc1ccc(OP(=O)(O)O)cc1)C(=O)N[C@@H](Cc1ccc(OS(=O)(=O)O)cc1)C(=O)O. The van der Waals surface area contributed by atoms with Crippen LogP contribution >= 0.6 is 7.82 Å². The Morgan fingerprint density at radius 3 is 1.91 bits per heavy atom. The minimum atomic E-state index is -4.70. The van der Waals surface area contributed by atoms with Crippen molar-refractivity contribution in [1.29, 1.82) is 0 Å². The quantitative estimate of drug-likeness (QED) is 0.176. The van der Waals surface area contributed by atoms with Crippen LogP contribution < -0.4 is 19.8 Å². The lowest BCUT2D eigenvalue weighted by Gasteiger charge is -2.18. The zero-order valence-electron chi connectivity index (χ0n) is 16.8. The third-order valence-corrected chi connectivity index (χ3v) is 4.97. The first-order valence-electron chi connectivity index (χ1n) is 9.10. The number of carboxylic acids is 1. The van der Waals surface area contributed by atoms with Crippen molar-refractivity contribution >= 4 is 30.1 Å². The predicted molar refractivity (Wildman–Crippen MR) is 113 cm³/mol. The summed E-state index contributed by atoms with van der Waals surface area (Å²) in [7, 11) is -9.40. The summed E-state index contributed by atoms with van der Waals surface area (Å²) >= 11 is 0. The second-order valence-corrected chi connectivity index (χ2v) is 8.98. The molecule has 0 aromatic heterocycles. The summed E-state index contributed by atoms with van der Waals surface area (Å²) in [6, 6.07) is 8.15. The topological polar surface area (TPSA) is 223 Å². The Bertz CT molecular complexity index is 1130. The van der Waals surface area contributed by atoms with Gasteiger partial charge in [-0.3, -0.25) is 19.1 Å². The summed E-state index contributed by atoms with van der Waals surface area (Å²) in [5, 5.41) is 11.7. The van der Waals surface area contributed by atoms with E-state index in [0.29, 0.717) is 11.1 Å². The van der Waals surface area contributed by atoms with Gasteiger partial charge in [-0.25, -0.2) is 9.36 Å². The average Bonchev–Trinajstić information content (AvgIpc) is 2.68. The van der Waals surface area contributed by atoms with Gasteiger partial charge in [-0.15, -0.1) is 0 Å². The Balaban J connectivity index is 1.97. The molecule has 2 aromatic carbocycles. The normalized spacial score (nSPS) is 13.6. The van der Waals surface area contributed by atoms with E-state index in [4.69, 9.17) is 20.1 Å². The number of benzene rings is 2. The number of rotatable bonds is 11. The lowest BCUT2D eigenvalue weighted by atomic mass is 10.0. The summed E-state index contributed by atoms with van der Waals surface area (Å²) in [5.74, 6) is -2.34. The summed E-state index contributed by atoms with van der Waals surface area (Å²) in [6.45, 7) is 0. The van der Waals surface area contributed by atoms with E-state index in [1.807, 2.05) is 0 Å². The molecule has 33 heavy (non-hydrogen) atoms. The molecule has 2 aromatic rings. The number of phosphoric ester groups is 1. The fourth-order valence-corrected chi connectivity index (χ4v) is 3.44. The monoisotopic (exact) mass is 504 g/mol. The van der Waals surface area contributed by atoms with Crippen molar-refractivity contribution in [1.82, 2.24) is 5.32 Å². The highest BCUT2D eigenvalue weighted by molar-refractivity contribution is 7.81. The fraction of sp³-hybridized carbons (Fsp3) is 0.222. The third-order valence-electron chi connectivity index (χ3n) is 4.12. The minimum absolute atomic E-state index is 0.00995. The number of aliphatic carboxylic acids is 1. The van der Waals surface area contributed by atoms with Crippen LogP contribution in [0.25, 0.3) is 0 Å². The molecule has 0 saturated carbocycles. The molecule has 2 atom stereocenters. The molecule has 0 unspecified atom stereocenters. The van der Waals surface area contributed by atoms with Crippen LogP contribution in [0.3, 0.4) is 0 Å². The highest BCUT2D eigenvalue weighted by Gasteiger charge is 2.24. The summed E-state index contributed by atoms with van der Waals surface area (Å²) in [5.41, 5.74) is 6.82. The van der Waals surface area contributed by atoms with Gasteiger partial charge in [0, 0.05) is 6.42 Å². The molecule has 15 heteroatoms. The number of nitrogens with one attached hydrogen (secondary N) is 1. The van der Waals surface area contributed by atoms with E-state index >= 15 is 0 Å². The van der Waals surface area contributed by atoms with Crippen LogP contribution in [0.5, 0.6) is 11.5 Å². The first-order chi connectivity index (χ1) is 15.2. The second-order valence-electron chi connectivity index (χ2n) is 6.79. The fourth-order valence-electron chi connectivity index (χ4n) is 2.69. The number of phosphoric acid groups is 1. The number of carbonyl (C=O) groups excluding carboxylic acids is 1. The van der Waals surface area contributed by atoms with Crippen molar-refractivity contribution in [3.8, 4) is 11.5 Å². The van der Waals surface area contributed by atoms with Gasteiger partial charge in [0.15, 0.2) is 0 Å². The van der Waals surface area contributed by atoms with Crippen LogP contribution in [0.2, 0.25) is 0 Å². The molecule has 0 saturated heterocycles. The van der Waals surface area contributed by atoms with Crippen LogP contribution in [0.15, 0.2) is 48.5 Å². The zero-order chi connectivity index (χ0) is 24.8. The van der Waals surface area contributed by atoms with Crippen LogP contribution in [-0.4, -0.2) is 51.8 Å². The molecular formula is C18H21N2O11PS. The molecule has 0 heterocycles. The van der Waals surface area contributed by atoms with Crippen molar-refractivity contribution in [3.63, 3.8) is 0 Å². The number of carbonyl (C=O) groups is 2. The van der Waals surface area contributed by atoms with Crippen molar-refractivity contribution < 1.29 is 50.7 Å². The second kappa shape index (κ2) is 10.7. The summed E-state index contributed by atoms with van der Waals surface area (Å²) in [4.78, 5) is 41.5. The Kier molecular flexibility index (Phi) is 8.55. The maximum atomic E-state index is 12.4. The predicted octanol–water partition coefficient (Wildman–Crippen LogP) is 0.0216. The zero-order valence-corrected chi connectivity index (χ0v) is 18.5. The molecule has 13 nitrogen and oxygen atoms in total. The van der Waals surface area contributed by atoms with Gasteiger partial charge in [-0.05, 0) is 41.8 Å². The van der Waals surface area contributed by atoms with Crippen LogP contribution in [0, 0.1) is 0 Å². The minimum Gasteiger partial charge on any atom is -0.480 e. The molecule has 0 fully saturated rings. The van der Waals surface area contributed by atoms with Crippen molar-refractivity contribution in [2.75, 3.05) is 0 Å². The molecule has 180 valence electrons. The highest BCUT2D eigenvalue weighted by Crippen LogP contribution is 2.37. The number of nitrogens with two attached hydrogens (primary N) is 1. The molecule has 2 rings (SSSR count). The smallest absolute Gasteiger partial charge is 0.480 e. The van der Waals surface area contributed by atoms with Crippen LogP contribution in [-0.2, 0) is 37.4 Å². The van der Waals surface area contributed by atoms with Gasteiger partial charge in [0.05, 0.1) is 6.04 Å². The standard InChI is InChI=1S/C18H21N2O11PS/c19-15(9-11-1-5-13(6-2-11)30-32(24,25)26)17(21)20-16(18(22)23)10-12-3-7-14(8-4-12)31-33(27,28)29/h1-8,15-16H,9-10,19H2,(H,20,21)(H,22,23)(H2,24,25,26)(H,27,28,29)/t15-,16-/m0/s1. The van der Waals surface area contributed by atoms with E-state index in [1.54, 1.807) is 0 Å². The molecular weight excluding hydrogens is 483 g/mol. The van der Waals surface area contributed by atoms with Crippen molar-refractivity contribution in [2.24, 2.45) is 5.73 Å². The van der Waals surface area contributed by atoms with Crippen molar-refractivity contribution in [2.45, 2.75) is 24.9 Å². The number of amides is 1. The largest absolute Gasteiger partial charge is 0.524 e. The summed E-state index contributed by atoms with van der Waals surface area (Å²) in [6.07, 6.45) is -0.135. The van der Waals surface area contributed by atoms with E-state index in [9.17, 15) is 27.7 Å². The maximum absolute atomic E-state index is 12.4. The van der Waals surface area contributed by atoms with E-state index in [0.717, 1.165) is 0 Å². The average molecular weight is 504 g/mol. The van der Waals surface area contributed by atoms with Gasteiger partial charge >= 0.3 is 24.2 Å². The van der Waals surface area contributed by atoms with Gasteiger partial charge in [0.2, 0.25) is 5.91 Å². The van der Waals surface area contributed by atoms with E-state index in [1.165, 1.54) is 48.5 Å². The van der Waals surface area contributed by atoms with Crippen LogP contribution in [0.4, 0.5) is 0 Å². The molecule has 0 radical (unpaired) electrons. The number of carboxylic acid groups (broad SMARTS) is 1. The molecule has 0 aliphatic rings. The van der Waals surface area contributed by atoms with Crippen molar-refractivity contribution in [3.05, 3.63) is 59.7 Å². The van der Waals surface area contributed by atoms with Gasteiger partial charge in [0.1, 0.15) is 17.5 Å². The lowest BCUT2D eigenvalue weighted by Crippen LogP contribution is -2.50. The van der Waals surface area contributed by atoms with E-state index in [2.05, 4.69) is 14.0 Å². The third kappa shape index (κ3) is 9.57. The Morgan fingerprint density at radius 2 is 1.45 bits per heavy atom. The van der Waals surface area contributed by atoms with Gasteiger partial charge in [-0.2, -0.15) is 8.42 Å². The number of hydrogen-bond donors (Lipinski definition) is 6. The van der Waals surface area contributed by atoms with Gasteiger partial charge in [0.25, 0.3) is 0 Å². The van der Waals surface area contributed by atoms with Gasteiger partial charge < -0.3 is 24.9 Å². The Hall–Kier alpha value is -3.00. The van der Waals surface area contributed by atoms with E-state index < -0.39 is 42.2 Å². The first kappa shape index (κ1) is 26.3. The lowest BCUT2D eigenvalue weighted by molar-refractivity contribution is -0.142. The molecule has 0 bridgehead atoms. The molecule has 0 aliphatic carbocycles. The Labute approximate surface area is 188 Å². The molecule has 0 spiro atoms. The molecule has 1 amide bonds. The van der Waals surface area contributed by atoms with Gasteiger partial charge in [-0.1, -0.05) is 24.3 Å². The van der Waals surface area contributed by atoms with Crippen LogP contribution in [0.1, 0.15) is 11.1 Å². The van der Waals surface area contributed by atoms with E-state index in [-0.39, 0.29) is 24.3 Å².